The summed E-state index contributed by atoms with van der Waals surface area (Å²) in [5.74, 6) is -0.453. The van der Waals surface area contributed by atoms with Gasteiger partial charge >= 0.3 is 6.03 Å². The van der Waals surface area contributed by atoms with E-state index < -0.39 is 11.9 Å². The third-order valence-corrected chi connectivity index (χ3v) is 2.86. The van der Waals surface area contributed by atoms with Crippen molar-refractivity contribution in [3.8, 4) is 0 Å². The van der Waals surface area contributed by atoms with Crippen LogP contribution in [0.25, 0.3) is 0 Å². The third-order valence-electron chi connectivity index (χ3n) is 2.86. The number of likely N-dealkylation sites (N-methyl/N-ethyl adjacent to an activating group) is 1. The number of carbonyl (C=O) groups is 2. The minimum absolute atomic E-state index is 0.163. The van der Waals surface area contributed by atoms with Gasteiger partial charge in [0.25, 0.3) is 5.91 Å². The van der Waals surface area contributed by atoms with E-state index in [9.17, 15) is 9.59 Å². The van der Waals surface area contributed by atoms with E-state index in [-0.39, 0.29) is 5.71 Å². The molecular weight excluding hydrogens is 246 g/mol. The van der Waals surface area contributed by atoms with Crippen molar-refractivity contribution >= 4 is 23.3 Å². The Bertz CT molecular complexity index is 522. The van der Waals surface area contributed by atoms with Crippen molar-refractivity contribution < 1.29 is 14.3 Å². The first-order valence-electron chi connectivity index (χ1n) is 5.86. The minimum atomic E-state index is -0.610. The zero-order chi connectivity index (χ0) is 13.8. The largest absolute Gasteiger partial charge is 0.383 e. The quantitative estimate of drug-likeness (QED) is 0.851. The Morgan fingerprint density at radius 2 is 1.95 bits per heavy atom. The fourth-order valence-corrected chi connectivity index (χ4v) is 1.76. The number of imide groups is 1. The summed E-state index contributed by atoms with van der Waals surface area (Å²) >= 11 is 0. The summed E-state index contributed by atoms with van der Waals surface area (Å²) in [4.78, 5) is 28.1. The van der Waals surface area contributed by atoms with Gasteiger partial charge in [0.2, 0.25) is 0 Å². The molecule has 2 rings (SSSR count). The molecule has 1 aromatic rings. The van der Waals surface area contributed by atoms with Crippen molar-refractivity contribution in [3.63, 3.8) is 0 Å². The van der Waals surface area contributed by atoms with E-state index in [0.29, 0.717) is 12.2 Å². The molecule has 1 N–H and O–H groups in total. The molecule has 1 heterocycles. The highest BCUT2D eigenvalue weighted by Gasteiger charge is 2.24. The predicted molar refractivity (Wildman–Crippen MR) is 71.7 cm³/mol. The van der Waals surface area contributed by atoms with Crippen LogP contribution in [0, 0.1) is 0 Å². The number of urea groups is 1. The van der Waals surface area contributed by atoms with Gasteiger partial charge in [-0.15, -0.1) is 0 Å². The Balaban J connectivity index is 2.13. The fraction of sp³-hybridized carbons (Fsp3) is 0.308. The van der Waals surface area contributed by atoms with E-state index in [2.05, 4.69) is 10.3 Å². The van der Waals surface area contributed by atoms with Crippen molar-refractivity contribution in [1.82, 2.24) is 5.32 Å². The number of anilines is 1. The lowest BCUT2D eigenvalue weighted by molar-refractivity contribution is -0.113. The van der Waals surface area contributed by atoms with Crippen LogP contribution in [-0.2, 0) is 9.53 Å². The third kappa shape index (κ3) is 2.97. The number of methoxy groups -OCH3 is 1. The molecule has 0 atom stereocenters. The molecule has 0 aliphatic carbocycles. The van der Waals surface area contributed by atoms with Gasteiger partial charge in [-0.2, -0.15) is 4.99 Å². The number of ether oxygens (including phenoxy) is 1. The number of carbonyl (C=O) groups excluding carboxylic acids is 2. The van der Waals surface area contributed by atoms with Crippen LogP contribution in [0.4, 0.5) is 10.5 Å². The van der Waals surface area contributed by atoms with Gasteiger partial charge in [0, 0.05) is 32.0 Å². The van der Waals surface area contributed by atoms with Gasteiger partial charge < -0.3 is 9.64 Å². The summed E-state index contributed by atoms with van der Waals surface area (Å²) in [5.41, 5.74) is 1.80. The van der Waals surface area contributed by atoms with Crippen molar-refractivity contribution in [2.24, 2.45) is 4.99 Å². The number of benzene rings is 1. The highest BCUT2D eigenvalue weighted by Crippen LogP contribution is 2.15. The predicted octanol–water partition coefficient (Wildman–Crippen LogP) is 0.808. The number of aliphatic imine (C=N–C) groups is 1. The van der Waals surface area contributed by atoms with Crippen molar-refractivity contribution in [2.45, 2.75) is 0 Å². The van der Waals surface area contributed by atoms with Crippen LogP contribution in [0.15, 0.2) is 29.3 Å². The highest BCUT2D eigenvalue weighted by molar-refractivity contribution is 6.51. The van der Waals surface area contributed by atoms with Gasteiger partial charge in [0.1, 0.15) is 5.71 Å². The average Bonchev–Trinajstić information content (AvgIpc) is 2.75. The molecule has 100 valence electrons. The van der Waals surface area contributed by atoms with Gasteiger partial charge in [-0.1, -0.05) is 12.1 Å². The lowest BCUT2D eigenvalue weighted by Crippen LogP contribution is -2.25. The Hall–Kier alpha value is -2.21. The molecule has 0 aromatic heterocycles. The summed E-state index contributed by atoms with van der Waals surface area (Å²) in [6.45, 7) is 1.41. The molecule has 6 heteroatoms. The van der Waals surface area contributed by atoms with Gasteiger partial charge in [-0.25, -0.2) is 4.79 Å². The van der Waals surface area contributed by atoms with Crippen molar-refractivity contribution in [3.05, 3.63) is 29.8 Å². The minimum Gasteiger partial charge on any atom is -0.383 e. The van der Waals surface area contributed by atoms with Gasteiger partial charge in [0.15, 0.2) is 0 Å². The fourth-order valence-electron chi connectivity index (χ4n) is 1.76. The Labute approximate surface area is 111 Å². The van der Waals surface area contributed by atoms with Gasteiger partial charge in [-0.3, -0.25) is 10.1 Å². The number of rotatable bonds is 5. The van der Waals surface area contributed by atoms with Crippen molar-refractivity contribution in [1.29, 1.82) is 0 Å². The van der Waals surface area contributed by atoms with Crippen LogP contribution in [0.3, 0.4) is 0 Å². The molecule has 0 fully saturated rings. The van der Waals surface area contributed by atoms with E-state index in [4.69, 9.17) is 4.74 Å². The number of amides is 3. The second-order valence-electron chi connectivity index (χ2n) is 4.18. The maximum Gasteiger partial charge on any atom is 0.348 e. The number of nitrogens with zero attached hydrogens (tertiary/aromatic N) is 2. The molecular formula is C13H15N3O3. The lowest BCUT2D eigenvalue weighted by Gasteiger charge is -2.18. The molecule has 0 bridgehead atoms. The second kappa shape index (κ2) is 5.62. The molecule has 0 saturated carbocycles. The van der Waals surface area contributed by atoms with E-state index in [1.165, 1.54) is 0 Å². The van der Waals surface area contributed by atoms with Gasteiger partial charge in [0.05, 0.1) is 6.61 Å². The summed E-state index contributed by atoms with van der Waals surface area (Å²) in [7, 11) is 3.61. The zero-order valence-electron chi connectivity index (χ0n) is 10.8. The zero-order valence-corrected chi connectivity index (χ0v) is 10.8. The molecule has 19 heavy (non-hydrogen) atoms. The standard InChI is InChI=1S/C13H15N3O3/c1-16(7-8-19-2)10-5-3-9(4-6-10)11-12(17)15-13(18)14-11/h3-6H,7-8H2,1-2H3,(H,15,17,18). The van der Waals surface area contributed by atoms with E-state index in [0.717, 1.165) is 12.2 Å². The van der Waals surface area contributed by atoms with E-state index in [1.807, 2.05) is 24.1 Å². The summed E-state index contributed by atoms with van der Waals surface area (Å²) < 4.78 is 5.01. The van der Waals surface area contributed by atoms with Crippen LogP contribution in [0.5, 0.6) is 0 Å². The van der Waals surface area contributed by atoms with Crippen molar-refractivity contribution in [2.75, 3.05) is 32.2 Å². The number of hydrogen-bond acceptors (Lipinski definition) is 4. The first-order chi connectivity index (χ1) is 9.11. The molecule has 1 aliphatic rings. The smallest absolute Gasteiger partial charge is 0.348 e. The van der Waals surface area contributed by atoms with Gasteiger partial charge in [-0.05, 0) is 12.1 Å². The Morgan fingerprint density at radius 3 is 2.47 bits per heavy atom. The lowest BCUT2D eigenvalue weighted by atomic mass is 10.1. The van der Waals surface area contributed by atoms with Crippen LogP contribution >= 0.6 is 0 Å². The van der Waals surface area contributed by atoms with E-state index >= 15 is 0 Å². The number of hydrogen-bond donors (Lipinski definition) is 1. The molecule has 1 aliphatic heterocycles. The Kier molecular flexibility index (Phi) is 3.91. The molecule has 0 unspecified atom stereocenters. The maximum atomic E-state index is 11.5. The second-order valence-corrected chi connectivity index (χ2v) is 4.18. The van der Waals surface area contributed by atoms with Crippen LogP contribution in [-0.4, -0.2) is 45.0 Å². The topological polar surface area (TPSA) is 71.0 Å². The normalized spacial score (nSPS) is 14.3. The first-order valence-corrected chi connectivity index (χ1v) is 5.86. The molecule has 0 saturated heterocycles. The molecule has 1 aromatic carbocycles. The molecule has 0 spiro atoms. The summed E-state index contributed by atoms with van der Waals surface area (Å²) in [6, 6.07) is 6.69. The van der Waals surface area contributed by atoms with E-state index in [1.54, 1.807) is 19.2 Å². The SMILES string of the molecule is COCCN(C)c1ccc(C2=NC(=O)NC2=O)cc1. The van der Waals surface area contributed by atoms with Crippen LogP contribution in [0.1, 0.15) is 5.56 Å². The monoisotopic (exact) mass is 261 g/mol. The molecule has 6 nitrogen and oxygen atoms in total. The first kappa shape index (κ1) is 13.2. The average molecular weight is 261 g/mol. The van der Waals surface area contributed by atoms with Crippen LogP contribution < -0.4 is 10.2 Å². The summed E-state index contributed by atoms with van der Waals surface area (Å²) in [6.07, 6.45) is 0. The number of nitrogens with one attached hydrogen (secondary N) is 1. The molecule has 0 radical (unpaired) electrons. The Morgan fingerprint density at radius 1 is 1.26 bits per heavy atom. The molecule has 3 amide bonds. The maximum absolute atomic E-state index is 11.5. The van der Waals surface area contributed by atoms with Crippen LogP contribution in [0.2, 0.25) is 0 Å². The highest BCUT2D eigenvalue weighted by atomic mass is 16.5. The summed E-state index contributed by atoms with van der Waals surface area (Å²) in [5, 5.41) is 2.12.